The standard InChI is InChI=1S/C13H17N7O2S/c1-19-13(16-17-18-19)23-8-12(21)20-6-2-3-10(7-20)22-11-4-5-14-9-15-11/h4-5,9-10H,2-3,6-8H2,1H3/t10-/m1/s1. The van der Waals surface area contributed by atoms with Gasteiger partial charge in [-0.25, -0.2) is 14.6 Å². The number of aromatic nitrogens is 6. The molecule has 0 aromatic carbocycles. The van der Waals surface area contributed by atoms with E-state index < -0.39 is 0 Å². The summed E-state index contributed by atoms with van der Waals surface area (Å²) in [6.07, 6.45) is 4.88. The van der Waals surface area contributed by atoms with Gasteiger partial charge in [-0.2, -0.15) is 0 Å². The number of tetrazole rings is 1. The van der Waals surface area contributed by atoms with Crippen LogP contribution >= 0.6 is 11.8 Å². The number of aryl methyl sites for hydroxylation is 1. The third-order valence-electron chi connectivity index (χ3n) is 3.48. The Bertz CT molecular complexity index is 651. The molecule has 2 aromatic heterocycles. The normalized spacial score (nSPS) is 18.0. The number of ether oxygens (including phenoxy) is 1. The molecule has 9 nitrogen and oxygen atoms in total. The minimum atomic E-state index is -0.0379. The fourth-order valence-electron chi connectivity index (χ4n) is 2.34. The number of nitrogens with zero attached hydrogens (tertiary/aromatic N) is 7. The molecule has 0 bridgehead atoms. The van der Waals surface area contributed by atoms with E-state index in [2.05, 4.69) is 25.5 Å². The first-order valence-corrected chi connectivity index (χ1v) is 8.26. The van der Waals surface area contributed by atoms with Gasteiger partial charge in [0.1, 0.15) is 12.4 Å². The highest BCUT2D eigenvalue weighted by molar-refractivity contribution is 7.99. The lowest BCUT2D eigenvalue weighted by molar-refractivity contribution is -0.130. The fourth-order valence-corrected chi connectivity index (χ4v) is 3.09. The molecule has 1 aliphatic rings. The molecule has 1 aliphatic heterocycles. The van der Waals surface area contributed by atoms with Gasteiger partial charge in [-0.15, -0.1) is 5.10 Å². The minimum Gasteiger partial charge on any atom is -0.472 e. The van der Waals surface area contributed by atoms with E-state index in [0.717, 1.165) is 19.4 Å². The molecule has 122 valence electrons. The van der Waals surface area contributed by atoms with E-state index >= 15 is 0 Å². The molecule has 3 heterocycles. The number of carbonyl (C=O) groups excluding carboxylic acids is 1. The maximum atomic E-state index is 12.3. The van der Waals surface area contributed by atoms with Crippen LogP contribution in [0.15, 0.2) is 23.7 Å². The molecule has 0 aliphatic carbocycles. The van der Waals surface area contributed by atoms with Crippen molar-refractivity contribution in [3.8, 4) is 5.88 Å². The summed E-state index contributed by atoms with van der Waals surface area (Å²) < 4.78 is 7.37. The topological polar surface area (TPSA) is 98.9 Å². The zero-order valence-electron chi connectivity index (χ0n) is 12.7. The molecule has 0 saturated carbocycles. The molecular weight excluding hydrogens is 318 g/mol. The highest BCUT2D eigenvalue weighted by atomic mass is 32.2. The van der Waals surface area contributed by atoms with E-state index in [1.807, 2.05) is 4.90 Å². The Hall–Kier alpha value is -2.23. The van der Waals surface area contributed by atoms with Gasteiger partial charge in [-0.3, -0.25) is 4.79 Å². The lowest BCUT2D eigenvalue weighted by Crippen LogP contribution is -2.45. The van der Waals surface area contributed by atoms with Crippen LogP contribution in [0.4, 0.5) is 0 Å². The van der Waals surface area contributed by atoms with Crippen molar-refractivity contribution in [2.24, 2.45) is 7.05 Å². The van der Waals surface area contributed by atoms with E-state index in [-0.39, 0.29) is 12.0 Å². The fraction of sp³-hybridized carbons (Fsp3) is 0.538. The summed E-state index contributed by atoms with van der Waals surface area (Å²) in [6, 6.07) is 1.72. The number of thioether (sulfide) groups is 1. The van der Waals surface area contributed by atoms with Gasteiger partial charge in [-0.05, 0) is 23.3 Å². The van der Waals surface area contributed by atoms with Gasteiger partial charge < -0.3 is 9.64 Å². The Balaban J connectivity index is 1.51. The molecule has 0 spiro atoms. The van der Waals surface area contributed by atoms with Gasteiger partial charge in [0.2, 0.25) is 16.9 Å². The number of hydrogen-bond acceptors (Lipinski definition) is 8. The largest absolute Gasteiger partial charge is 0.472 e. The summed E-state index contributed by atoms with van der Waals surface area (Å²) in [5.74, 6) is 0.918. The van der Waals surface area contributed by atoms with Gasteiger partial charge in [0.15, 0.2) is 0 Å². The highest BCUT2D eigenvalue weighted by Crippen LogP contribution is 2.18. The average Bonchev–Trinajstić information content (AvgIpc) is 2.99. The highest BCUT2D eigenvalue weighted by Gasteiger charge is 2.25. The van der Waals surface area contributed by atoms with Gasteiger partial charge in [-0.1, -0.05) is 11.8 Å². The molecule has 2 aromatic rings. The molecule has 1 atom stereocenters. The summed E-state index contributed by atoms with van der Waals surface area (Å²) >= 11 is 1.33. The van der Waals surface area contributed by atoms with Crippen molar-refractivity contribution in [3.05, 3.63) is 18.6 Å². The summed E-state index contributed by atoms with van der Waals surface area (Å²) in [5.41, 5.74) is 0. The second-order valence-corrected chi connectivity index (χ2v) is 6.09. The van der Waals surface area contributed by atoms with Crippen molar-refractivity contribution in [1.82, 2.24) is 35.1 Å². The zero-order chi connectivity index (χ0) is 16.1. The Morgan fingerprint density at radius 2 is 2.43 bits per heavy atom. The third kappa shape index (κ3) is 4.15. The lowest BCUT2D eigenvalue weighted by atomic mass is 10.1. The quantitative estimate of drug-likeness (QED) is 0.713. The molecule has 1 saturated heterocycles. The number of likely N-dealkylation sites (tertiary alicyclic amines) is 1. The van der Waals surface area contributed by atoms with Crippen LogP contribution in [0.1, 0.15) is 12.8 Å². The third-order valence-corrected chi connectivity index (χ3v) is 4.47. The van der Waals surface area contributed by atoms with Crippen molar-refractivity contribution < 1.29 is 9.53 Å². The summed E-state index contributed by atoms with van der Waals surface area (Å²) in [4.78, 5) is 22.1. The summed E-state index contributed by atoms with van der Waals surface area (Å²) in [7, 11) is 1.75. The Morgan fingerprint density at radius 3 is 3.17 bits per heavy atom. The van der Waals surface area contributed by atoms with E-state index in [9.17, 15) is 4.79 Å². The summed E-state index contributed by atoms with van der Waals surface area (Å²) in [5, 5.41) is 11.8. The van der Waals surface area contributed by atoms with E-state index in [1.165, 1.54) is 18.1 Å². The molecule has 10 heteroatoms. The number of piperidine rings is 1. The Kier molecular flexibility index (Phi) is 5.01. The second-order valence-electron chi connectivity index (χ2n) is 5.14. The van der Waals surface area contributed by atoms with Gasteiger partial charge >= 0.3 is 0 Å². The number of hydrogen-bond donors (Lipinski definition) is 0. The van der Waals surface area contributed by atoms with Gasteiger partial charge in [0.05, 0.1) is 12.3 Å². The van der Waals surface area contributed by atoms with E-state index in [1.54, 1.807) is 24.0 Å². The van der Waals surface area contributed by atoms with Gasteiger partial charge in [0, 0.05) is 25.9 Å². The second kappa shape index (κ2) is 7.36. The first-order chi connectivity index (χ1) is 11.2. The van der Waals surface area contributed by atoms with Crippen LogP contribution in [0, 0.1) is 0 Å². The first-order valence-electron chi connectivity index (χ1n) is 7.28. The SMILES string of the molecule is Cn1nnnc1SCC(=O)N1CCC[C@@H](Oc2ccncn2)C1. The van der Waals surface area contributed by atoms with Crippen molar-refractivity contribution in [1.29, 1.82) is 0 Å². The van der Waals surface area contributed by atoms with Crippen molar-refractivity contribution in [3.63, 3.8) is 0 Å². The van der Waals surface area contributed by atoms with Crippen molar-refractivity contribution >= 4 is 17.7 Å². The molecule has 3 rings (SSSR count). The first kappa shape index (κ1) is 15.7. The zero-order valence-corrected chi connectivity index (χ0v) is 13.5. The molecule has 23 heavy (non-hydrogen) atoms. The molecular formula is C13H17N7O2S. The molecule has 0 radical (unpaired) electrons. The molecule has 1 fully saturated rings. The smallest absolute Gasteiger partial charge is 0.233 e. The van der Waals surface area contributed by atoms with Crippen LogP contribution in [0.5, 0.6) is 5.88 Å². The van der Waals surface area contributed by atoms with Crippen LogP contribution < -0.4 is 4.74 Å². The van der Waals surface area contributed by atoms with Crippen LogP contribution in [-0.2, 0) is 11.8 Å². The van der Waals surface area contributed by atoms with E-state index in [0.29, 0.717) is 23.3 Å². The Morgan fingerprint density at radius 1 is 1.52 bits per heavy atom. The number of rotatable bonds is 5. The van der Waals surface area contributed by atoms with Crippen LogP contribution in [-0.4, -0.2) is 65.9 Å². The van der Waals surface area contributed by atoms with E-state index in [4.69, 9.17) is 4.74 Å². The molecule has 0 N–H and O–H groups in total. The van der Waals surface area contributed by atoms with Crippen LogP contribution in [0.2, 0.25) is 0 Å². The summed E-state index contributed by atoms with van der Waals surface area (Å²) in [6.45, 7) is 1.32. The number of carbonyl (C=O) groups is 1. The monoisotopic (exact) mass is 335 g/mol. The predicted molar refractivity (Wildman–Crippen MR) is 81.8 cm³/mol. The molecule has 0 unspecified atom stereocenters. The van der Waals surface area contributed by atoms with Crippen molar-refractivity contribution in [2.75, 3.05) is 18.8 Å². The maximum absolute atomic E-state index is 12.3. The average molecular weight is 335 g/mol. The Labute approximate surface area is 137 Å². The van der Waals surface area contributed by atoms with Crippen molar-refractivity contribution in [2.45, 2.75) is 24.1 Å². The lowest BCUT2D eigenvalue weighted by Gasteiger charge is -2.32. The predicted octanol–water partition coefficient (Wildman–Crippen LogP) is 0.162. The van der Waals surface area contributed by atoms with Gasteiger partial charge in [0.25, 0.3) is 0 Å². The number of amides is 1. The minimum absolute atomic E-state index is 0.0379. The van der Waals surface area contributed by atoms with Crippen LogP contribution in [0.3, 0.4) is 0 Å². The maximum Gasteiger partial charge on any atom is 0.233 e. The molecule has 1 amide bonds. The van der Waals surface area contributed by atoms with Crippen LogP contribution in [0.25, 0.3) is 0 Å².